The summed E-state index contributed by atoms with van der Waals surface area (Å²) < 4.78 is 5.44. The Labute approximate surface area is 155 Å². The summed E-state index contributed by atoms with van der Waals surface area (Å²) >= 11 is 0. The van der Waals surface area contributed by atoms with Gasteiger partial charge in [0, 0.05) is 22.7 Å². The Morgan fingerprint density at radius 2 is 1.74 bits per heavy atom. The minimum atomic E-state index is -0.358. The van der Waals surface area contributed by atoms with Gasteiger partial charge in [-0.05, 0) is 30.7 Å². The number of ketones is 1. The van der Waals surface area contributed by atoms with E-state index in [1.807, 2.05) is 24.3 Å². The van der Waals surface area contributed by atoms with E-state index in [1.54, 1.807) is 42.6 Å². The topological polar surface area (TPSA) is 72.2 Å². The molecule has 2 aromatic heterocycles. The highest BCUT2D eigenvalue weighted by Gasteiger charge is 2.18. The molecule has 0 atom stereocenters. The van der Waals surface area contributed by atoms with Crippen molar-refractivity contribution in [3.8, 4) is 11.1 Å². The first kappa shape index (κ1) is 16.7. The molecule has 4 aromatic rings. The third-order valence-corrected chi connectivity index (χ3v) is 4.35. The summed E-state index contributed by atoms with van der Waals surface area (Å²) in [5.74, 6) is -0.155. The molecule has 5 heteroatoms. The van der Waals surface area contributed by atoms with Gasteiger partial charge < -0.3 is 9.73 Å². The lowest BCUT2D eigenvalue weighted by atomic mass is 10.0. The number of amides is 1. The van der Waals surface area contributed by atoms with E-state index in [1.165, 1.54) is 13.2 Å². The lowest BCUT2D eigenvalue weighted by Gasteiger charge is -2.08. The van der Waals surface area contributed by atoms with Gasteiger partial charge in [0.1, 0.15) is 0 Å². The van der Waals surface area contributed by atoms with Crippen LogP contribution in [0.1, 0.15) is 27.8 Å². The van der Waals surface area contributed by atoms with Gasteiger partial charge >= 0.3 is 0 Å². The quantitative estimate of drug-likeness (QED) is 0.525. The van der Waals surface area contributed by atoms with Crippen molar-refractivity contribution < 1.29 is 14.0 Å². The molecule has 1 N–H and O–H groups in total. The second kappa shape index (κ2) is 6.88. The van der Waals surface area contributed by atoms with Crippen LogP contribution in [0.25, 0.3) is 22.0 Å². The minimum absolute atomic E-state index is 0.00448. The van der Waals surface area contributed by atoms with Gasteiger partial charge in [0.25, 0.3) is 5.91 Å². The Balaban J connectivity index is 1.65. The fraction of sp³-hybridized carbons (Fsp3) is 0.0455. The van der Waals surface area contributed by atoms with Crippen molar-refractivity contribution >= 4 is 28.3 Å². The standard InChI is InChI=1S/C22H16N2O3/c1-14(25)15-7-9-16(10-8-15)18-11-13-27-21(18)22(26)24-19-6-2-4-17-5-3-12-23-20(17)19/h2-13H,1H3,(H,24,26). The highest BCUT2D eigenvalue weighted by atomic mass is 16.3. The maximum Gasteiger partial charge on any atom is 0.292 e. The summed E-state index contributed by atoms with van der Waals surface area (Å²) in [6.45, 7) is 1.52. The highest BCUT2D eigenvalue weighted by molar-refractivity contribution is 6.10. The first-order chi connectivity index (χ1) is 13.1. The zero-order valence-corrected chi connectivity index (χ0v) is 14.6. The van der Waals surface area contributed by atoms with Crippen LogP contribution in [0.3, 0.4) is 0 Å². The van der Waals surface area contributed by atoms with Crippen LogP contribution < -0.4 is 5.32 Å². The number of rotatable bonds is 4. The average molecular weight is 356 g/mol. The fourth-order valence-electron chi connectivity index (χ4n) is 2.98. The smallest absolute Gasteiger partial charge is 0.292 e. The number of para-hydroxylation sites is 1. The molecule has 0 aliphatic carbocycles. The van der Waals surface area contributed by atoms with Crippen LogP contribution >= 0.6 is 0 Å². The molecule has 0 radical (unpaired) electrons. The molecule has 2 aromatic carbocycles. The van der Waals surface area contributed by atoms with Gasteiger partial charge in [-0.1, -0.05) is 42.5 Å². The van der Waals surface area contributed by atoms with Crippen molar-refractivity contribution in [2.45, 2.75) is 6.92 Å². The summed E-state index contributed by atoms with van der Waals surface area (Å²) in [5, 5.41) is 3.82. The van der Waals surface area contributed by atoms with E-state index in [9.17, 15) is 9.59 Å². The Morgan fingerprint density at radius 1 is 0.963 bits per heavy atom. The number of hydrogen-bond acceptors (Lipinski definition) is 4. The number of furan rings is 1. The number of hydrogen-bond donors (Lipinski definition) is 1. The van der Waals surface area contributed by atoms with E-state index < -0.39 is 0 Å². The van der Waals surface area contributed by atoms with Gasteiger partial charge in [0.2, 0.25) is 0 Å². The molecule has 0 bridgehead atoms. The second-order valence-electron chi connectivity index (χ2n) is 6.13. The third kappa shape index (κ3) is 3.22. The van der Waals surface area contributed by atoms with E-state index in [2.05, 4.69) is 10.3 Å². The predicted molar refractivity (Wildman–Crippen MR) is 104 cm³/mol. The number of benzene rings is 2. The number of fused-ring (bicyclic) bond motifs is 1. The maximum atomic E-state index is 12.8. The number of nitrogens with zero attached hydrogens (tertiary/aromatic N) is 1. The van der Waals surface area contributed by atoms with Crippen molar-refractivity contribution in [2.24, 2.45) is 0 Å². The van der Waals surface area contributed by atoms with Crippen LogP contribution in [0.15, 0.2) is 77.5 Å². The molecule has 0 fully saturated rings. The number of nitrogens with one attached hydrogen (secondary N) is 1. The second-order valence-corrected chi connectivity index (χ2v) is 6.13. The number of anilines is 1. The molecule has 132 valence electrons. The maximum absolute atomic E-state index is 12.8. The van der Waals surface area contributed by atoms with Crippen molar-refractivity contribution in [2.75, 3.05) is 5.32 Å². The summed E-state index contributed by atoms with van der Waals surface area (Å²) in [6.07, 6.45) is 3.16. The molecule has 0 spiro atoms. The van der Waals surface area contributed by atoms with Gasteiger partial charge in [-0.2, -0.15) is 0 Å². The van der Waals surface area contributed by atoms with Gasteiger partial charge in [0.15, 0.2) is 11.5 Å². The van der Waals surface area contributed by atoms with Crippen molar-refractivity contribution in [1.29, 1.82) is 0 Å². The van der Waals surface area contributed by atoms with Crippen LogP contribution in [0.2, 0.25) is 0 Å². The normalized spacial score (nSPS) is 10.7. The van der Waals surface area contributed by atoms with Crippen LogP contribution in [0, 0.1) is 0 Å². The monoisotopic (exact) mass is 356 g/mol. The van der Waals surface area contributed by atoms with Gasteiger partial charge in [-0.25, -0.2) is 0 Å². The minimum Gasteiger partial charge on any atom is -0.459 e. The Morgan fingerprint density at radius 3 is 2.52 bits per heavy atom. The molecule has 1 amide bonds. The zero-order valence-electron chi connectivity index (χ0n) is 14.6. The van der Waals surface area contributed by atoms with E-state index in [0.717, 1.165) is 10.9 Å². The zero-order chi connectivity index (χ0) is 18.8. The average Bonchev–Trinajstić information content (AvgIpc) is 3.18. The molecule has 0 aliphatic rings. The number of aromatic nitrogens is 1. The number of Topliss-reactive ketones (excluding diaryl/α,β-unsaturated/α-hetero) is 1. The molecular formula is C22H16N2O3. The molecule has 27 heavy (non-hydrogen) atoms. The van der Waals surface area contributed by atoms with Crippen LogP contribution in [0.4, 0.5) is 5.69 Å². The SMILES string of the molecule is CC(=O)c1ccc(-c2ccoc2C(=O)Nc2cccc3cccnc23)cc1. The molecule has 5 nitrogen and oxygen atoms in total. The molecule has 2 heterocycles. The Bertz CT molecular complexity index is 1140. The molecule has 0 saturated carbocycles. The molecule has 4 rings (SSSR count). The van der Waals surface area contributed by atoms with Crippen molar-refractivity contribution in [3.63, 3.8) is 0 Å². The van der Waals surface area contributed by atoms with Crippen molar-refractivity contribution in [1.82, 2.24) is 4.98 Å². The fourth-order valence-corrected chi connectivity index (χ4v) is 2.98. The molecule has 0 unspecified atom stereocenters. The van der Waals surface area contributed by atoms with Gasteiger partial charge in [-0.3, -0.25) is 14.6 Å². The molecule has 0 saturated heterocycles. The first-order valence-electron chi connectivity index (χ1n) is 8.47. The van der Waals surface area contributed by atoms with E-state index in [4.69, 9.17) is 4.42 Å². The van der Waals surface area contributed by atoms with Gasteiger partial charge in [-0.15, -0.1) is 0 Å². The number of carbonyl (C=O) groups excluding carboxylic acids is 2. The number of pyridine rings is 1. The summed E-state index contributed by atoms with van der Waals surface area (Å²) in [4.78, 5) is 28.6. The van der Waals surface area contributed by atoms with Crippen molar-refractivity contribution in [3.05, 3.63) is 84.4 Å². The van der Waals surface area contributed by atoms with E-state index in [-0.39, 0.29) is 17.5 Å². The first-order valence-corrected chi connectivity index (χ1v) is 8.47. The highest BCUT2D eigenvalue weighted by Crippen LogP contribution is 2.27. The van der Waals surface area contributed by atoms with E-state index in [0.29, 0.717) is 22.3 Å². The van der Waals surface area contributed by atoms with Crippen LogP contribution in [-0.4, -0.2) is 16.7 Å². The predicted octanol–water partition coefficient (Wildman–Crippen LogP) is 4.95. The van der Waals surface area contributed by atoms with Gasteiger partial charge in [0.05, 0.1) is 17.5 Å². The largest absolute Gasteiger partial charge is 0.459 e. The van der Waals surface area contributed by atoms with Crippen LogP contribution in [0.5, 0.6) is 0 Å². The summed E-state index contributed by atoms with van der Waals surface area (Å²) in [6, 6.07) is 18.2. The number of carbonyl (C=O) groups is 2. The molecular weight excluding hydrogens is 340 g/mol. The van der Waals surface area contributed by atoms with E-state index >= 15 is 0 Å². The lowest BCUT2D eigenvalue weighted by molar-refractivity contribution is 0.0994. The summed E-state index contributed by atoms with van der Waals surface area (Å²) in [7, 11) is 0. The Kier molecular flexibility index (Phi) is 4.26. The Hall–Kier alpha value is -3.73. The lowest BCUT2D eigenvalue weighted by Crippen LogP contribution is -2.12. The third-order valence-electron chi connectivity index (χ3n) is 4.35. The van der Waals surface area contributed by atoms with Crippen LogP contribution in [-0.2, 0) is 0 Å². The summed E-state index contributed by atoms with van der Waals surface area (Å²) in [5.41, 5.74) is 3.42. The molecule has 0 aliphatic heterocycles.